The summed E-state index contributed by atoms with van der Waals surface area (Å²) in [6, 6.07) is 23.0. The van der Waals surface area contributed by atoms with E-state index in [2.05, 4.69) is 0 Å². The summed E-state index contributed by atoms with van der Waals surface area (Å²) in [6.45, 7) is 1.93. The van der Waals surface area contributed by atoms with E-state index in [0.717, 1.165) is 5.56 Å². The van der Waals surface area contributed by atoms with Crippen LogP contribution < -0.4 is 10.2 Å². The maximum absolute atomic E-state index is 13.0. The van der Waals surface area contributed by atoms with Gasteiger partial charge in [0, 0.05) is 5.56 Å². The standard InChI is InChI=1S/C23H16O4/c1-15-11-13-17(14-12-15)23(25)27-22-20(24)18-9-5-6-10-19(18)26-21(22)16-7-3-2-4-8-16/h2-14H,1H3. The Morgan fingerprint density at radius 2 is 1.52 bits per heavy atom. The molecule has 0 bridgehead atoms. The van der Waals surface area contributed by atoms with Gasteiger partial charge in [0.05, 0.1) is 10.9 Å². The van der Waals surface area contributed by atoms with Gasteiger partial charge in [-0.05, 0) is 31.2 Å². The summed E-state index contributed by atoms with van der Waals surface area (Å²) < 4.78 is 11.5. The highest BCUT2D eigenvalue weighted by atomic mass is 16.5. The topological polar surface area (TPSA) is 56.5 Å². The SMILES string of the molecule is Cc1ccc(C(=O)Oc2c(-c3ccccc3)oc3ccccc3c2=O)cc1. The summed E-state index contributed by atoms with van der Waals surface area (Å²) in [5.41, 5.74) is 2.12. The number of hydrogen-bond acceptors (Lipinski definition) is 4. The van der Waals surface area contributed by atoms with Crippen molar-refractivity contribution in [3.8, 4) is 17.1 Å². The van der Waals surface area contributed by atoms with E-state index in [1.807, 2.05) is 37.3 Å². The fraction of sp³-hybridized carbons (Fsp3) is 0.0435. The summed E-state index contributed by atoms with van der Waals surface area (Å²) in [6.07, 6.45) is 0. The molecule has 0 unspecified atom stereocenters. The molecule has 4 aromatic rings. The van der Waals surface area contributed by atoms with Gasteiger partial charge in [-0.2, -0.15) is 0 Å². The minimum Gasteiger partial charge on any atom is -0.452 e. The van der Waals surface area contributed by atoms with Crippen LogP contribution in [0.5, 0.6) is 5.75 Å². The van der Waals surface area contributed by atoms with Crippen LogP contribution in [0.25, 0.3) is 22.3 Å². The van der Waals surface area contributed by atoms with Crippen molar-refractivity contribution in [3.05, 3.63) is 100 Å². The Hall–Kier alpha value is -3.66. The number of fused-ring (bicyclic) bond motifs is 1. The first kappa shape index (κ1) is 16.8. The van der Waals surface area contributed by atoms with Crippen LogP contribution in [0.1, 0.15) is 15.9 Å². The van der Waals surface area contributed by atoms with Gasteiger partial charge in [0.2, 0.25) is 11.2 Å². The zero-order valence-electron chi connectivity index (χ0n) is 14.6. The molecule has 4 nitrogen and oxygen atoms in total. The van der Waals surface area contributed by atoms with Crippen LogP contribution in [-0.2, 0) is 0 Å². The van der Waals surface area contributed by atoms with E-state index in [1.54, 1.807) is 48.5 Å². The molecule has 0 amide bonds. The monoisotopic (exact) mass is 356 g/mol. The van der Waals surface area contributed by atoms with Crippen molar-refractivity contribution >= 4 is 16.9 Å². The predicted octanol–water partition coefficient (Wildman–Crippen LogP) is 4.99. The molecule has 0 aliphatic carbocycles. The summed E-state index contributed by atoms with van der Waals surface area (Å²) >= 11 is 0. The quantitative estimate of drug-likeness (QED) is 0.485. The van der Waals surface area contributed by atoms with Crippen molar-refractivity contribution in [2.75, 3.05) is 0 Å². The first-order valence-electron chi connectivity index (χ1n) is 8.53. The minimum absolute atomic E-state index is 0.106. The van der Waals surface area contributed by atoms with Gasteiger partial charge in [-0.25, -0.2) is 4.79 Å². The second kappa shape index (κ2) is 6.92. The van der Waals surface area contributed by atoms with Gasteiger partial charge < -0.3 is 9.15 Å². The third kappa shape index (κ3) is 3.25. The largest absolute Gasteiger partial charge is 0.452 e. The fourth-order valence-electron chi connectivity index (χ4n) is 2.84. The van der Waals surface area contributed by atoms with Crippen molar-refractivity contribution in [2.24, 2.45) is 0 Å². The van der Waals surface area contributed by atoms with E-state index < -0.39 is 5.97 Å². The van der Waals surface area contributed by atoms with E-state index in [-0.39, 0.29) is 16.9 Å². The van der Waals surface area contributed by atoms with Crippen molar-refractivity contribution in [3.63, 3.8) is 0 Å². The number of rotatable bonds is 3. The molecule has 0 spiro atoms. The average molecular weight is 356 g/mol. The fourth-order valence-corrected chi connectivity index (χ4v) is 2.84. The van der Waals surface area contributed by atoms with Crippen LogP contribution in [0, 0.1) is 6.92 Å². The van der Waals surface area contributed by atoms with Crippen molar-refractivity contribution < 1.29 is 13.9 Å². The second-order valence-electron chi connectivity index (χ2n) is 6.21. The Morgan fingerprint density at radius 1 is 0.852 bits per heavy atom. The van der Waals surface area contributed by atoms with Gasteiger partial charge >= 0.3 is 5.97 Å². The number of benzene rings is 3. The summed E-state index contributed by atoms with van der Waals surface area (Å²) in [5.74, 6) is -0.472. The second-order valence-corrected chi connectivity index (χ2v) is 6.21. The minimum atomic E-state index is -0.602. The highest BCUT2D eigenvalue weighted by molar-refractivity contribution is 5.93. The molecule has 0 aliphatic rings. The van der Waals surface area contributed by atoms with Crippen LogP contribution in [0.4, 0.5) is 0 Å². The molecule has 4 rings (SSSR count). The van der Waals surface area contributed by atoms with E-state index in [0.29, 0.717) is 22.1 Å². The Bertz CT molecular complexity index is 1170. The Labute approximate surface area is 155 Å². The molecule has 0 N–H and O–H groups in total. The van der Waals surface area contributed by atoms with E-state index in [9.17, 15) is 9.59 Å². The van der Waals surface area contributed by atoms with Gasteiger partial charge in [-0.1, -0.05) is 60.2 Å². The van der Waals surface area contributed by atoms with Crippen LogP contribution in [0.15, 0.2) is 88.1 Å². The van der Waals surface area contributed by atoms with E-state index >= 15 is 0 Å². The molecule has 0 radical (unpaired) electrons. The zero-order chi connectivity index (χ0) is 18.8. The van der Waals surface area contributed by atoms with Gasteiger partial charge in [-0.15, -0.1) is 0 Å². The molecule has 0 fully saturated rings. The maximum atomic E-state index is 13.0. The van der Waals surface area contributed by atoms with Crippen LogP contribution >= 0.6 is 0 Å². The highest BCUT2D eigenvalue weighted by Gasteiger charge is 2.21. The molecule has 1 heterocycles. The number of aryl methyl sites for hydroxylation is 1. The van der Waals surface area contributed by atoms with Crippen molar-refractivity contribution in [2.45, 2.75) is 6.92 Å². The molecule has 0 saturated carbocycles. The normalized spacial score (nSPS) is 10.7. The van der Waals surface area contributed by atoms with Gasteiger partial charge in [0.15, 0.2) is 5.76 Å². The molecule has 132 valence electrons. The maximum Gasteiger partial charge on any atom is 0.343 e. The Morgan fingerprint density at radius 3 is 2.26 bits per heavy atom. The highest BCUT2D eigenvalue weighted by Crippen LogP contribution is 2.31. The number of para-hydroxylation sites is 1. The third-order valence-corrected chi connectivity index (χ3v) is 4.27. The Kier molecular flexibility index (Phi) is 4.30. The summed E-state index contributed by atoms with van der Waals surface area (Å²) in [4.78, 5) is 25.6. The smallest absolute Gasteiger partial charge is 0.343 e. The van der Waals surface area contributed by atoms with Gasteiger partial charge in [-0.3, -0.25) is 4.79 Å². The zero-order valence-corrected chi connectivity index (χ0v) is 14.6. The molecule has 3 aromatic carbocycles. The average Bonchev–Trinajstić information content (AvgIpc) is 2.71. The molecule has 1 aromatic heterocycles. The summed E-state index contributed by atoms with van der Waals surface area (Å²) in [7, 11) is 0. The first-order valence-corrected chi connectivity index (χ1v) is 8.53. The van der Waals surface area contributed by atoms with E-state index in [1.165, 1.54) is 0 Å². The molecule has 27 heavy (non-hydrogen) atoms. The van der Waals surface area contributed by atoms with Gasteiger partial charge in [0.25, 0.3) is 0 Å². The van der Waals surface area contributed by atoms with Crippen LogP contribution in [0.3, 0.4) is 0 Å². The van der Waals surface area contributed by atoms with Gasteiger partial charge in [0.1, 0.15) is 5.58 Å². The Balaban J connectivity index is 1.87. The lowest BCUT2D eigenvalue weighted by molar-refractivity contribution is 0.0731. The third-order valence-electron chi connectivity index (χ3n) is 4.27. The number of carbonyl (C=O) groups is 1. The predicted molar refractivity (Wildman–Crippen MR) is 104 cm³/mol. The lowest BCUT2D eigenvalue weighted by atomic mass is 10.1. The summed E-state index contributed by atoms with van der Waals surface area (Å²) in [5, 5.41) is 0.365. The lowest BCUT2D eigenvalue weighted by Crippen LogP contribution is -2.16. The van der Waals surface area contributed by atoms with Crippen molar-refractivity contribution in [1.82, 2.24) is 0 Å². The number of hydrogen-bond donors (Lipinski definition) is 0. The van der Waals surface area contributed by atoms with E-state index in [4.69, 9.17) is 9.15 Å². The molecular weight excluding hydrogens is 340 g/mol. The molecule has 4 heteroatoms. The number of esters is 1. The van der Waals surface area contributed by atoms with Crippen molar-refractivity contribution in [1.29, 1.82) is 0 Å². The van der Waals surface area contributed by atoms with Crippen LogP contribution in [0.2, 0.25) is 0 Å². The number of ether oxygens (including phenoxy) is 1. The molecule has 0 aliphatic heterocycles. The molecular formula is C23H16O4. The lowest BCUT2D eigenvalue weighted by Gasteiger charge is -2.10. The molecule has 0 saturated heterocycles. The van der Waals surface area contributed by atoms with Crippen LogP contribution in [-0.4, -0.2) is 5.97 Å². The molecule has 0 atom stereocenters. The number of carbonyl (C=O) groups excluding carboxylic acids is 1. The first-order chi connectivity index (χ1) is 13.1.